The van der Waals surface area contributed by atoms with Gasteiger partial charge in [-0.05, 0) is 32.0 Å². The zero-order valence-electron chi connectivity index (χ0n) is 12.5. The van der Waals surface area contributed by atoms with E-state index in [2.05, 4.69) is 21.2 Å². The zero-order chi connectivity index (χ0) is 16.4. The van der Waals surface area contributed by atoms with E-state index in [0.717, 1.165) is 4.47 Å². The number of hydrogen-bond donors (Lipinski definition) is 2. The molecule has 118 valence electrons. The summed E-state index contributed by atoms with van der Waals surface area (Å²) in [5.41, 5.74) is 1.22. The van der Waals surface area contributed by atoms with Gasteiger partial charge in [0.2, 0.25) is 0 Å². The first-order valence-electron chi connectivity index (χ1n) is 6.77. The summed E-state index contributed by atoms with van der Waals surface area (Å²) < 4.78 is 5.82. The van der Waals surface area contributed by atoms with E-state index in [-0.39, 0.29) is 18.4 Å². The van der Waals surface area contributed by atoms with Crippen LogP contribution in [0.2, 0.25) is 0 Å². The SMILES string of the molecule is CCOC(=O)C1=C(C)N(C)C(=O)N[C@@H]1c1cc(Br)ccc1O. The van der Waals surface area contributed by atoms with Gasteiger partial charge in [0.1, 0.15) is 5.75 Å². The normalized spacial score (nSPS) is 18.3. The van der Waals surface area contributed by atoms with Gasteiger partial charge in [0, 0.05) is 22.8 Å². The quantitative estimate of drug-likeness (QED) is 0.803. The molecule has 0 saturated carbocycles. The van der Waals surface area contributed by atoms with E-state index < -0.39 is 12.0 Å². The van der Waals surface area contributed by atoms with E-state index in [1.807, 2.05) is 0 Å². The molecule has 2 rings (SSSR count). The van der Waals surface area contributed by atoms with Crippen LogP contribution in [0.3, 0.4) is 0 Å². The van der Waals surface area contributed by atoms with Crippen LogP contribution in [-0.2, 0) is 9.53 Å². The molecule has 0 spiro atoms. The number of amides is 2. The first-order chi connectivity index (χ1) is 10.4. The number of carbonyl (C=O) groups is 2. The molecule has 22 heavy (non-hydrogen) atoms. The fourth-order valence-corrected chi connectivity index (χ4v) is 2.68. The zero-order valence-corrected chi connectivity index (χ0v) is 14.1. The number of urea groups is 1. The Morgan fingerprint density at radius 1 is 1.50 bits per heavy atom. The molecular weight excluding hydrogens is 352 g/mol. The van der Waals surface area contributed by atoms with E-state index in [1.54, 1.807) is 33.0 Å². The highest BCUT2D eigenvalue weighted by atomic mass is 79.9. The summed E-state index contributed by atoms with van der Waals surface area (Å²) in [6.07, 6.45) is 0. The average molecular weight is 369 g/mol. The summed E-state index contributed by atoms with van der Waals surface area (Å²) in [6, 6.07) is 3.73. The lowest BCUT2D eigenvalue weighted by atomic mass is 9.94. The summed E-state index contributed by atoms with van der Waals surface area (Å²) in [7, 11) is 1.57. The Balaban J connectivity index is 2.58. The van der Waals surface area contributed by atoms with Crippen molar-refractivity contribution in [3.63, 3.8) is 0 Å². The molecule has 1 aromatic carbocycles. The van der Waals surface area contributed by atoms with Crippen LogP contribution in [0, 0.1) is 0 Å². The Kier molecular flexibility index (Phi) is 4.75. The van der Waals surface area contributed by atoms with E-state index in [9.17, 15) is 14.7 Å². The Bertz CT molecular complexity index is 657. The van der Waals surface area contributed by atoms with Gasteiger partial charge in [-0.15, -0.1) is 0 Å². The smallest absolute Gasteiger partial charge is 0.338 e. The molecule has 6 nitrogen and oxygen atoms in total. The Labute approximate surface area is 136 Å². The van der Waals surface area contributed by atoms with Gasteiger partial charge in [-0.25, -0.2) is 9.59 Å². The summed E-state index contributed by atoms with van der Waals surface area (Å²) >= 11 is 3.33. The molecule has 1 heterocycles. The maximum Gasteiger partial charge on any atom is 0.338 e. The Morgan fingerprint density at radius 2 is 2.18 bits per heavy atom. The van der Waals surface area contributed by atoms with Crippen LogP contribution in [-0.4, -0.2) is 35.7 Å². The number of phenols is 1. The first-order valence-corrected chi connectivity index (χ1v) is 7.56. The number of nitrogens with one attached hydrogen (secondary N) is 1. The highest BCUT2D eigenvalue weighted by Crippen LogP contribution is 2.36. The van der Waals surface area contributed by atoms with Crippen molar-refractivity contribution >= 4 is 27.9 Å². The van der Waals surface area contributed by atoms with Crippen LogP contribution in [0.5, 0.6) is 5.75 Å². The van der Waals surface area contributed by atoms with Crippen molar-refractivity contribution in [1.82, 2.24) is 10.2 Å². The second kappa shape index (κ2) is 6.39. The summed E-state index contributed by atoms with van der Waals surface area (Å²) in [5.74, 6) is -0.524. The molecule has 1 aliphatic heterocycles. The number of halogens is 1. The summed E-state index contributed by atoms with van der Waals surface area (Å²) in [6.45, 7) is 3.61. The number of benzene rings is 1. The molecule has 2 N–H and O–H groups in total. The monoisotopic (exact) mass is 368 g/mol. The number of allylic oxidation sites excluding steroid dienone is 1. The number of carbonyl (C=O) groups excluding carboxylic acids is 2. The molecular formula is C15H17BrN2O4. The topological polar surface area (TPSA) is 78.9 Å². The average Bonchev–Trinajstić information content (AvgIpc) is 2.47. The number of nitrogens with zero attached hydrogens (tertiary/aromatic N) is 1. The van der Waals surface area contributed by atoms with Gasteiger partial charge in [-0.3, -0.25) is 0 Å². The highest BCUT2D eigenvalue weighted by Gasteiger charge is 2.36. The minimum atomic E-state index is -0.764. The van der Waals surface area contributed by atoms with Crippen LogP contribution in [0.15, 0.2) is 33.9 Å². The minimum absolute atomic E-state index is 0.00680. The standard InChI is InChI=1S/C15H17BrN2O4/c1-4-22-14(20)12-8(2)18(3)15(21)17-13(12)10-7-9(16)5-6-11(10)19/h5-7,13,19H,4H2,1-3H3,(H,17,21)/t13-/m1/s1. The molecule has 1 atom stereocenters. The minimum Gasteiger partial charge on any atom is -0.508 e. The van der Waals surface area contributed by atoms with Gasteiger partial charge in [-0.1, -0.05) is 15.9 Å². The first kappa shape index (κ1) is 16.4. The molecule has 0 radical (unpaired) electrons. The van der Waals surface area contributed by atoms with Crippen molar-refractivity contribution in [2.24, 2.45) is 0 Å². The molecule has 0 aliphatic carbocycles. The van der Waals surface area contributed by atoms with Crippen molar-refractivity contribution in [3.8, 4) is 5.75 Å². The number of rotatable bonds is 3. The van der Waals surface area contributed by atoms with Gasteiger partial charge in [0.25, 0.3) is 0 Å². The molecule has 7 heteroatoms. The number of phenolic OH excluding ortho intramolecular Hbond substituents is 1. The maximum absolute atomic E-state index is 12.3. The van der Waals surface area contributed by atoms with Crippen molar-refractivity contribution in [3.05, 3.63) is 39.5 Å². The summed E-state index contributed by atoms with van der Waals surface area (Å²) in [5, 5.41) is 12.8. The second-order valence-electron chi connectivity index (χ2n) is 4.86. The third-order valence-corrected chi connectivity index (χ3v) is 4.04. The molecule has 0 unspecified atom stereocenters. The molecule has 2 amide bonds. The molecule has 0 fully saturated rings. The van der Waals surface area contributed by atoms with Crippen molar-refractivity contribution in [1.29, 1.82) is 0 Å². The van der Waals surface area contributed by atoms with Crippen LogP contribution < -0.4 is 5.32 Å². The fraction of sp³-hybridized carbons (Fsp3) is 0.333. The molecule has 0 saturated heterocycles. The second-order valence-corrected chi connectivity index (χ2v) is 5.78. The van der Waals surface area contributed by atoms with Gasteiger partial charge >= 0.3 is 12.0 Å². The number of aromatic hydroxyl groups is 1. The largest absolute Gasteiger partial charge is 0.508 e. The molecule has 1 aromatic rings. The van der Waals surface area contributed by atoms with Crippen LogP contribution in [0.1, 0.15) is 25.5 Å². The van der Waals surface area contributed by atoms with Crippen LogP contribution in [0.25, 0.3) is 0 Å². The molecule has 1 aliphatic rings. The van der Waals surface area contributed by atoms with Crippen molar-refractivity contribution in [2.45, 2.75) is 19.9 Å². The molecule has 0 bridgehead atoms. The lowest BCUT2D eigenvalue weighted by molar-refractivity contribution is -0.139. The Morgan fingerprint density at radius 3 is 2.82 bits per heavy atom. The summed E-state index contributed by atoms with van der Waals surface area (Å²) in [4.78, 5) is 25.7. The van der Waals surface area contributed by atoms with E-state index >= 15 is 0 Å². The Hall–Kier alpha value is -2.02. The predicted octanol–water partition coefficient (Wildman–Crippen LogP) is 2.69. The fourth-order valence-electron chi connectivity index (χ4n) is 2.30. The lowest BCUT2D eigenvalue weighted by Gasteiger charge is -2.33. The van der Waals surface area contributed by atoms with Gasteiger partial charge in [0.15, 0.2) is 0 Å². The lowest BCUT2D eigenvalue weighted by Crippen LogP contribution is -2.46. The number of ether oxygens (including phenoxy) is 1. The van der Waals surface area contributed by atoms with E-state index in [0.29, 0.717) is 16.8 Å². The van der Waals surface area contributed by atoms with Gasteiger partial charge < -0.3 is 20.1 Å². The number of esters is 1. The number of hydrogen-bond acceptors (Lipinski definition) is 4. The van der Waals surface area contributed by atoms with Gasteiger partial charge in [0.05, 0.1) is 18.2 Å². The van der Waals surface area contributed by atoms with E-state index in [4.69, 9.17) is 4.74 Å². The molecule has 0 aromatic heterocycles. The van der Waals surface area contributed by atoms with E-state index in [1.165, 1.54) is 11.0 Å². The highest BCUT2D eigenvalue weighted by molar-refractivity contribution is 9.10. The van der Waals surface area contributed by atoms with Crippen molar-refractivity contribution < 1.29 is 19.4 Å². The third-order valence-electron chi connectivity index (χ3n) is 3.55. The maximum atomic E-state index is 12.3. The van der Waals surface area contributed by atoms with Crippen LogP contribution >= 0.6 is 15.9 Å². The third kappa shape index (κ3) is 2.94. The predicted molar refractivity (Wildman–Crippen MR) is 84.2 cm³/mol. The van der Waals surface area contributed by atoms with Crippen LogP contribution in [0.4, 0.5) is 4.79 Å². The van der Waals surface area contributed by atoms with Crippen molar-refractivity contribution in [2.75, 3.05) is 13.7 Å². The van der Waals surface area contributed by atoms with Gasteiger partial charge in [-0.2, -0.15) is 0 Å².